The molecule has 0 aliphatic carbocycles. The molecule has 1 heterocycles. The summed E-state index contributed by atoms with van der Waals surface area (Å²) in [6.07, 6.45) is -1.36. The number of ether oxygens (including phenoxy) is 3. The number of carbonyl (C=O) groups is 2. The van der Waals surface area contributed by atoms with E-state index in [4.69, 9.17) is 14.2 Å². The van der Waals surface area contributed by atoms with Gasteiger partial charge in [-0.2, -0.15) is 0 Å². The Hall–Kier alpha value is -3.22. The van der Waals surface area contributed by atoms with E-state index in [-0.39, 0.29) is 0 Å². The van der Waals surface area contributed by atoms with Crippen molar-refractivity contribution in [1.82, 2.24) is 10.9 Å². The maximum atomic E-state index is 12.3. The van der Waals surface area contributed by atoms with Crippen molar-refractivity contribution >= 4 is 11.8 Å². The van der Waals surface area contributed by atoms with E-state index in [1.807, 2.05) is 13.0 Å². The van der Waals surface area contributed by atoms with Crippen molar-refractivity contribution in [3.8, 4) is 17.2 Å². The molecule has 2 atom stereocenters. The van der Waals surface area contributed by atoms with E-state index in [2.05, 4.69) is 10.9 Å². The number of hydrazine groups is 1. The molecule has 2 amide bonds. The number of para-hydroxylation sites is 2. The number of fused-ring (bicyclic) bond motifs is 1. The number of carbonyl (C=O) groups excluding carboxylic acids is 2. The van der Waals surface area contributed by atoms with Crippen molar-refractivity contribution in [3.05, 3.63) is 54.1 Å². The summed E-state index contributed by atoms with van der Waals surface area (Å²) >= 11 is 0. The Morgan fingerprint density at radius 2 is 1.65 bits per heavy atom. The second kappa shape index (κ2) is 7.77. The topological polar surface area (TPSA) is 85.9 Å². The zero-order valence-corrected chi connectivity index (χ0v) is 14.5. The van der Waals surface area contributed by atoms with Gasteiger partial charge in [-0.25, -0.2) is 0 Å². The van der Waals surface area contributed by atoms with Gasteiger partial charge in [-0.05, 0) is 50.2 Å². The highest BCUT2D eigenvalue weighted by Gasteiger charge is 2.34. The molecule has 2 unspecified atom stereocenters. The van der Waals surface area contributed by atoms with E-state index >= 15 is 0 Å². The van der Waals surface area contributed by atoms with Gasteiger partial charge in [0.2, 0.25) is 6.10 Å². The van der Waals surface area contributed by atoms with Crippen molar-refractivity contribution in [1.29, 1.82) is 0 Å². The zero-order chi connectivity index (χ0) is 18.5. The quantitative estimate of drug-likeness (QED) is 0.819. The Bertz CT molecular complexity index is 791. The van der Waals surface area contributed by atoms with Gasteiger partial charge in [0.1, 0.15) is 11.9 Å². The third-order valence-electron chi connectivity index (χ3n) is 3.83. The first-order valence-corrected chi connectivity index (χ1v) is 8.34. The zero-order valence-electron chi connectivity index (χ0n) is 14.5. The number of amides is 2. The molecule has 136 valence electrons. The summed E-state index contributed by atoms with van der Waals surface area (Å²) in [5.74, 6) is 0.817. The fourth-order valence-corrected chi connectivity index (χ4v) is 2.54. The molecule has 0 fully saturated rings. The minimum Gasteiger partial charge on any atom is -0.494 e. The van der Waals surface area contributed by atoms with Crippen molar-refractivity contribution in [2.45, 2.75) is 26.1 Å². The Kier molecular flexibility index (Phi) is 5.26. The molecule has 2 aromatic carbocycles. The van der Waals surface area contributed by atoms with Crippen LogP contribution >= 0.6 is 0 Å². The molecule has 2 aromatic rings. The monoisotopic (exact) mass is 356 g/mol. The van der Waals surface area contributed by atoms with Crippen LogP contribution in [0.1, 0.15) is 24.2 Å². The first-order valence-electron chi connectivity index (χ1n) is 8.34. The Morgan fingerprint density at radius 1 is 1.00 bits per heavy atom. The molecule has 2 N–H and O–H groups in total. The van der Waals surface area contributed by atoms with Crippen molar-refractivity contribution in [2.75, 3.05) is 6.61 Å². The van der Waals surface area contributed by atoms with E-state index in [0.29, 0.717) is 29.4 Å². The average molecular weight is 356 g/mol. The number of hydrogen-bond donors (Lipinski definition) is 2. The van der Waals surface area contributed by atoms with Gasteiger partial charge in [0, 0.05) is 5.56 Å². The third-order valence-corrected chi connectivity index (χ3v) is 3.83. The molecule has 7 heteroatoms. The molecule has 7 nitrogen and oxygen atoms in total. The van der Waals surface area contributed by atoms with Crippen molar-refractivity contribution < 1.29 is 23.8 Å². The minimum atomic E-state index is -0.870. The highest BCUT2D eigenvalue weighted by molar-refractivity contribution is 5.96. The van der Waals surface area contributed by atoms with E-state index in [9.17, 15) is 9.59 Å². The first kappa shape index (κ1) is 17.6. The highest BCUT2D eigenvalue weighted by atomic mass is 16.6. The lowest BCUT2D eigenvalue weighted by Crippen LogP contribution is -2.53. The summed E-state index contributed by atoms with van der Waals surface area (Å²) in [4.78, 5) is 24.5. The molecule has 0 radical (unpaired) electrons. The fraction of sp³-hybridized carbons (Fsp3) is 0.263. The van der Waals surface area contributed by atoms with Crippen LogP contribution in [-0.2, 0) is 4.79 Å². The summed E-state index contributed by atoms with van der Waals surface area (Å²) in [5, 5.41) is 0. The minimum absolute atomic E-state index is 0.396. The van der Waals surface area contributed by atoms with Crippen LogP contribution in [0.3, 0.4) is 0 Å². The first-order chi connectivity index (χ1) is 12.6. The van der Waals surface area contributed by atoms with E-state index < -0.39 is 24.0 Å². The van der Waals surface area contributed by atoms with E-state index in [0.717, 1.165) is 0 Å². The predicted octanol–water partition coefficient (Wildman–Crippen LogP) is 2.07. The summed E-state index contributed by atoms with van der Waals surface area (Å²) < 4.78 is 16.7. The van der Waals surface area contributed by atoms with Crippen LogP contribution in [0.4, 0.5) is 0 Å². The molecule has 0 bridgehead atoms. The molecule has 0 aromatic heterocycles. The maximum absolute atomic E-state index is 12.3. The number of rotatable bonds is 4. The third kappa shape index (κ3) is 3.88. The van der Waals surface area contributed by atoms with Gasteiger partial charge in [0.15, 0.2) is 11.5 Å². The smallest absolute Gasteiger partial charge is 0.283 e. The summed E-state index contributed by atoms with van der Waals surface area (Å²) in [6, 6.07) is 13.7. The van der Waals surface area contributed by atoms with Crippen LogP contribution in [0, 0.1) is 0 Å². The number of hydrogen-bond acceptors (Lipinski definition) is 5. The van der Waals surface area contributed by atoms with Gasteiger partial charge in [-0.3, -0.25) is 20.4 Å². The van der Waals surface area contributed by atoms with Crippen LogP contribution in [0.15, 0.2) is 48.5 Å². The lowest BCUT2D eigenvalue weighted by Gasteiger charge is -2.30. The molecule has 1 aliphatic rings. The van der Waals surface area contributed by atoms with Crippen molar-refractivity contribution in [3.63, 3.8) is 0 Å². The van der Waals surface area contributed by atoms with Crippen LogP contribution in [-0.4, -0.2) is 30.6 Å². The largest absolute Gasteiger partial charge is 0.494 e. The summed E-state index contributed by atoms with van der Waals surface area (Å²) in [5.41, 5.74) is 5.15. The van der Waals surface area contributed by atoms with E-state index in [1.165, 1.54) is 0 Å². The Balaban J connectivity index is 1.57. The summed E-state index contributed by atoms with van der Waals surface area (Å²) in [6.45, 7) is 4.16. The molecular formula is C19H20N2O5. The predicted molar refractivity (Wildman–Crippen MR) is 94.2 cm³/mol. The SMILES string of the molecule is CCOc1ccc(C(=O)NNC(=O)C2Oc3ccccc3OC2C)cc1. The standard InChI is InChI=1S/C19H20N2O5/c1-3-24-14-10-8-13(9-11-14)18(22)20-21-19(23)17-12(2)25-15-6-4-5-7-16(15)26-17/h4-12,17H,3H2,1-2H3,(H,20,22)(H,21,23). The van der Waals surface area contributed by atoms with Crippen LogP contribution in [0.2, 0.25) is 0 Å². The van der Waals surface area contributed by atoms with Gasteiger partial charge in [0.05, 0.1) is 6.61 Å². The maximum Gasteiger partial charge on any atom is 0.283 e. The highest BCUT2D eigenvalue weighted by Crippen LogP contribution is 2.33. The average Bonchev–Trinajstić information content (AvgIpc) is 2.66. The summed E-state index contributed by atoms with van der Waals surface area (Å²) in [7, 11) is 0. The Labute approximate surface area is 151 Å². The Morgan fingerprint density at radius 3 is 2.31 bits per heavy atom. The molecule has 1 aliphatic heterocycles. The van der Waals surface area contributed by atoms with Gasteiger partial charge >= 0.3 is 0 Å². The molecule has 0 saturated heterocycles. The molecule has 0 spiro atoms. The molecule has 0 saturated carbocycles. The van der Waals surface area contributed by atoms with Gasteiger partial charge in [-0.1, -0.05) is 12.1 Å². The molecular weight excluding hydrogens is 336 g/mol. The van der Waals surface area contributed by atoms with E-state index in [1.54, 1.807) is 49.4 Å². The van der Waals surface area contributed by atoms with Crippen LogP contribution < -0.4 is 25.1 Å². The van der Waals surface area contributed by atoms with Crippen LogP contribution in [0.5, 0.6) is 17.2 Å². The lowest BCUT2D eigenvalue weighted by molar-refractivity contribution is -0.134. The van der Waals surface area contributed by atoms with Crippen LogP contribution in [0.25, 0.3) is 0 Å². The fourth-order valence-electron chi connectivity index (χ4n) is 2.54. The van der Waals surface area contributed by atoms with Crippen molar-refractivity contribution in [2.24, 2.45) is 0 Å². The lowest BCUT2D eigenvalue weighted by atomic mass is 10.1. The molecule has 26 heavy (non-hydrogen) atoms. The second-order valence-electron chi connectivity index (χ2n) is 5.71. The van der Waals surface area contributed by atoms with Gasteiger partial charge in [-0.15, -0.1) is 0 Å². The van der Waals surface area contributed by atoms with Gasteiger partial charge < -0.3 is 14.2 Å². The number of benzene rings is 2. The second-order valence-corrected chi connectivity index (χ2v) is 5.71. The molecule has 3 rings (SSSR count). The number of nitrogens with one attached hydrogen (secondary N) is 2. The van der Waals surface area contributed by atoms with Gasteiger partial charge in [0.25, 0.3) is 11.8 Å². The normalized spacial score (nSPS) is 17.9.